The van der Waals surface area contributed by atoms with Crippen LogP contribution in [0.4, 0.5) is 5.82 Å². The van der Waals surface area contributed by atoms with Gasteiger partial charge in [-0.3, -0.25) is 0 Å². The summed E-state index contributed by atoms with van der Waals surface area (Å²) in [6.45, 7) is 2.97. The van der Waals surface area contributed by atoms with Gasteiger partial charge in [-0.2, -0.15) is 4.31 Å². The minimum absolute atomic E-state index is 0.242. The quantitative estimate of drug-likeness (QED) is 0.860. The summed E-state index contributed by atoms with van der Waals surface area (Å²) in [4.78, 5) is 4.15. The van der Waals surface area contributed by atoms with Gasteiger partial charge in [0.25, 0.3) is 0 Å². The Balaban J connectivity index is 2.33. The summed E-state index contributed by atoms with van der Waals surface area (Å²) in [7, 11) is -3.39. The summed E-state index contributed by atoms with van der Waals surface area (Å²) in [6, 6.07) is 1.59. The summed E-state index contributed by atoms with van der Waals surface area (Å²) in [6.07, 6.45) is 4.30. The number of pyridine rings is 1. The molecule has 2 N–H and O–H groups in total. The molecule has 0 radical (unpaired) electrons. The number of nitrogens with zero attached hydrogens (tertiary/aromatic N) is 2. The number of sulfonamides is 1. The van der Waals surface area contributed by atoms with Gasteiger partial charge in [-0.15, -0.1) is 0 Å². The third kappa shape index (κ3) is 2.42. The summed E-state index contributed by atoms with van der Waals surface area (Å²) in [5.41, 5.74) is 6.29. The Morgan fingerprint density at radius 2 is 1.94 bits per heavy atom. The Bertz CT molecular complexity index is 507. The number of anilines is 1. The molecule has 0 aromatic carbocycles. The third-order valence-corrected chi connectivity index (χ3v) is 4.91. The van der Waals surface area contributed by atoms with Crippen molar-refractivity contribution in [2.45, 2.75) is 31.1 Å². The lowest BCUT2D eigenvalue weighted by Gasteiger charge is -2.25. The number of rotatable bonds is 2. The van der Waals surface area contributed by atoms with Crippen molar-refractivity contribution < 1.29 is 8.42 Å². The lowest BCUT2D eigenvalue weighted by molar-refractivity contribution is 0.346. The van der Waals surface area contributed by atoms with Crippen LogP contribution in [0.25, 0.3) is 0 Å². The van der Waals surface area contributed by atoms with Gasteiger partial charge in [-0.05, 0) is 31.4 Å². The average molecular weight is 255 g/mol. The maximum absolute atomic E-state index is 12.3. The highest BCUT2D eigenvalue weighted by atomic mass is 32.2. The molecule has 0 unspecified atom stereocenters. The molecule has 1 aromatic heterocycles. The van der Waals surface area contributed by atoms with Crippen LogP contribution in [0, 0.1) is 6.92 Å². The number of piperidine rings is 1. The fourth-order valence-electron chi connectivity index (χ4n) is 1.95. The standard InChI is InChI=1S/C11H17N3O2S/c1-9-7-10(8-13-11(9)12)17(15,16)14-5-3-2-4-6-14/h7-8H,2-6H2,1H3,(H2,12,13). The number of hydrogen-bond acceptors (Lipinski definition) is 4. The topological polar surface area (TPSA) is 76.3 Å². The van der Waals surface area contributed by atoms with Crippen molar-refractivity contribution in [3.8, 4) is 0 Å². The second-order valence-electron chi connectivity index (χ2n) is 4.34. The minimum Gasteiger partial charge on any atom is -0.383 e. The van der Waals surface area contributed by atoms with Crippen LogP contribution in [-0.2, 0) is 10.0 Å². The van der Waals surface area contributed by atoms with Gasteiger partial charge in [0.2, 0.25) is 10.0 Å². The highest BCUT2D eigenvalue weighted by Crippen LogP contribution is 2.21. The molecule has 1 aromatic rings. The van der Waals surface area contributed by atoms with E-state index in [9.17, 15) is 8.42 Å². The molecular weight excluding hydrogens is 238 g/mol. The second-order valence-corrected chi connectivity index (χ2v) is 6.28. The molecule has 2 heterocycles. The predicted molar refractivity (Wildman–Crippen MR) is 66.0 cm³/mol. The highest BCUT2D eigenvalue weighted by molar-refractivity contribution is 7.89. The van der Waals surface area contributed by atoms with Gasteiger partial charge in [0.15, 0.2) is 0 Å². The first-order valence-corrected chi connectivity index (χ1v) is 7.18. The molecule has 0 amide bonds. The smallest absolute Gasteiger partial charge is 0.244 e. The maximum atomic E-state index is 12.3. The highest BCUT2D eigenvalue weighted by Gasteiger charge is 2.26. The summed E-state index contributed by atoms with van der Waals surface area (Å²) in [5.74, 6) is 0.377. The van der Waals surface area contributed by atoms with Crippen LogP contribution in [0.2, 0.25) is 0 Å². The minimum atomic E-state index is -3.39. The summed E-state index contributed by atoms with van der Waals surface area (Å²) >= 11 is 0. The predicted octanol–water partition coefficient (Wildman–Crippen LogP) is 1.15. The van der Waals surface area contributed by atoms with Crippen LogP contribution in [0.15, 0.2) is 17.2 Å². The van der Waals surface area contributed by atoms with Gasteiger partial charge < -0.3 is 5.73 Å². The number of nitrogen functional groups attached to an aromatic ring is 1. The molecule has 0 bridgehead atoms. The van der Waals surface area contributed by atoms with Crippen LogP contribution >= 0.6 is 0 Å². The zero-order chi connectivity index (χ0) is 12.5. The molecule has 1 saturated heterocycles. The SMILES string of the molecule is Cc1cc(S(=O)(=O)N2CCCCC2)cnc1N. The first-order valence-electron chi connectivity index (χ1n) is 5.74. The molecule has 0 aliphatic carbocycles. The molecule has 0 spiro atoms. The van der Waals surface area contributed by atoms with E-state index in [2.05, 4.69) is 4.98 Å². The first-order chi connectivity index (χ1) is 8.01. The van der Waals surface area contributed by atoms with Crippen LogP contribution in [0.5, 0.6) is 0 Å². The van der Waals surface area contributed by atoms with E-state index >= 15 is 0 Å². The Kier molecular flexibility index (Phi) is 3.35. The van der Waals surface area contributed by atoms with Gasteiger partial charge in [-0.1, -0.05) is 6.42 Å². The van der Waals surface area contributed by atoms with E-state index in [4.69, 9.17) is 5.73 Å². The zero-order valence-electron chi connectivity index (χ0n) is 9.89. The van der Waals surface area contributed by atoms with Gasteiger partial charge in [0.1, 0.15) is 10.7 Å². The van der Waals surface area contributed by atoms with Crippen molar-refractivity contribution in [2.24, 2.45) is 0 Å². The number of aryl methyl sites for hydroxylation is 1. The van der Waals surface area contributed by atoms with Gasteiger partial charge in [-0.25, -0.2) is 13.4 Å². The Hall–Kier alpha value is -1.14. The maximum Gasteiger partial charge on any atom is 0.244 e. The van der Waals surface area contributed by atoms with Crippen molar-refractivity contribution in [1.82, 2.24) is 9.29 Å². The molecule has 6 heteroatoms. The largest absolute Gasteiger partial charge is 0.383 e. The van der Waals surface area contributed by atoms with Crippen molar-refractivity contribution in [3.05, 3.63) is 17.8 Å². The van der Waals surface area contributed by atoms with Gasteiger partial charge >= 0.3 is 0 Å². The van der Waals surface area contributed by atoms with E-state index in [1.807, 2.05) is 0 Å². The molecule has 0 saturated carbocycles. The molecule has 1 aliphatic heterocycles. The van der Waals surface area contributed by atoms with E-state index in [0.717, 1.165) is 19.3 Å². The van der Waals surface area contributed by atoms with Crippen molar-refractivity contribution >= 4 is 15.8 Å². The first kappa shape index (κ1) is 12.3. The lowest BCUT2D eigenvalue weighted by atomic mass is 10.2. The van der Waals surface area contributed by atoms with E-state index < -0.39 is 10.0 Å². The van der Waals surface area contributed by atoms with E-state index in [1.165, 1.54) is 10.5 Å². The summed E-state index contributed by atoms with van der Waals surface area (Å²) < 4.78 is 26.1. The zero-order valence-corrected chi connectivity index (χ0v) is 10.7. The Morgan fingerprint density at radius 3 is 2.53 bits per heavy atom. The molecule has 5 nitrogen and oxygen atoms in total. The molecule has 1 aliphatic rings. The lowest BCUT2D eigenvalue weighted by Crippen LogP contribution is -2.35. The number of aromatic nitrogens is 1. The summed E-state index contributed by atoms with van der Waals surface area (Å²) in [5, 5.41) is 0. The van der Waals surface area contributed by atoms with Crippen molar-refractivity contribution in [3.63, 3.8) is 0 Å². The molecule has 94 valence electrons. The molecular formula is C11H17N3O2S. The molecule has 17 heavy (non-hydrogen) atoms. The average Bonchev–Trinajstić information content (AvgIpc) is 2.33. The van der Waals surface area contributed by atoms with Crippen molar-refractivity contribution in [1.29, 1.82) is 0 Å². The molecule has 0 atom stereocenters. The Labute approximate surface area is 102 Å². The molecule has 1 fully saturated rings. The Morgan fingerprint density at radius 1 is 1.29 bits per heavy atom. The van der Waals surface area contributed by atoms with Crippen LogP contribution in [0.3, 0.4) is 0 Å². The second kappa shape index (κ2) is 4.62. The van der Waals surface area contributed by atoms with E-state index in [0.29, 0.717) is 24.5 Å². The van der Waals surface area contributed by atoms with Gasteiger partial charge in [0.05, 0.1) is 0 Å². The molecule has 2 rings (SSSR count). The number of hydrogen-bond donors (Lipinski definition) is 1. The van der Waals surface area contributed by atoms with Gasteiger partial charge in [0, 0.05) is 19.3 Å². The van der Waals surface area contributed by atoms with Crippen molar-refractivity contribution in [2.75, 3.05) is 18.8 Å². The van der Waals surface area contributed by atoms with Crippen LogP contribution in [-0.4, -0.2) is 30.8 Å². The van der Waals surface area contributed by atoms with E-state index in [-0.39, 0.29) is 4.90 Å². The van der Waals surface area contributed by atoms with Crippen LogP contribution < -0.4 is 5.73 Å². The van der Waals surface area contributed by atoms with Crippen LogP contribution in [0.1, 0.15) is 24.8 Å². The third-order valence-electron chi connectivity index (χ3n) is 3.05. The number of nitrogens with two attached hydrogens (primary N) is 1. The fourth-order valence-corrected chi connectivity index (χ4v) is 3.50. The normalized spacial score (nSPS) is 18.2. The fraction of sp³-hybridized carbons (Fsp3) is 0.545. The monoisotopic (exact) mass is 255 g/mol. The van der Waals surface area contributed by atoms with E-state index in [1.54, 1.807) is 13.0 Å².